The van der Waals surface area contributed by atoms with Crippen LogP contribution in [-0.4, -0.2) is 39.2 Å². The minimum absolute atomic E-state index is 0.269. The summed E-state index contributed by atoms with van der Waals surface area (Å²) in [5.41, 5.74) is 0. The molecule has 1 aromatic rings. The van der Waals surface area contributed by atoms with Crippen molar-refractivity contribution < 1.29 is 19.4 Å². The highest BCUT2D eigenvalue weighted by Crippen LogP contribution is 2.33. The monoisotopic (exact) mass is 309 g/mol. The van der Waals surface area contributed by atoms with Gasteiger partial charge in [0.2, 0.25) is 5.91 Å². The van der Waals surface area contributed by atoms with Gasteiger partial charge in [0.15, 0.2) is 0 Å². The summed E-state index contributed by atoms with van der Waals surface area (Å²) in [6, 6.07) is -0.838. The minimum atomic E-state index is -0.991. The second-order valence-electron chi connectivity index (χ2n) is 5.62. The molecule has 2 N–H and O–H groups in total. The van der Waals surface area contributed by atoms with Crippen molar-refractivity contribution in [2.45, 2.75) is 44.8 Å². The number of rotatable bonds is 7. The van der Waals surface area contributed by atoms with Crippen LogP contribution in [0.15, 0.2) is 12.4 Å². The maximum Gasteiger partial charge on any atom is 0.326 e. The summed E-state index contributed by atoms with van der Waals surface area (Å²) in [6.07, 6.45) is 5.71. The number of aliphatic carboxylic acids is 1. The standard InChI is InChI=1S/C15H23N3O4/c1-3-4-5-11(15(20)21)17-14(19)10-6-9-22-12(10)13-16-7-8-18(13)2/h7-8,10-12H,3-6,9H2,1-2H3,(H,17,19)(H,20,21)/t10-,11+,12-/m1/s1. The van der Waals surface area contributed by atoms with Crippen LogP contribution >= 0.6 is 0 Å². The first kappa shape index (κ1) is 16.5. The predicted molar refractivity (Wildman–Crippen MR) is 79.1 cm³/mol. The molecule has 1 fully saturated rings. The van der Waals surface area contributed by atoms with Crippen LogP contribution in [0, 0.1) is 5.92 Å². The van der Waals surface area contributed by atoms with Gasteiger partial charge in [-0.3, -0.25) is 4.79 Å². The molecule has 0 radical (unpaired) electrons. The van der Waals surface area contributed by atoms with Crippen LogP contribution < -0.4 is 5.32 Å². The van der Waals surface area contributed by atoms with Crippen molar-refractivity contribution >= 4 is 11.9 Å². The van der Waals surface area contributed by atoms with Gasteiger partial charge in [-0.15, -0.1) is 0 Å². The van der Waals surface area contributed by atoms with Crippen molar-refractivity contribution in [1.82, 2.24) is 14.9 Å². The van der Waals surface area contributed by atoms with Crippen molar-refractivity contribution in [1.29, 1.82) is 0 Å². The van der Waals surface area contributed by atoms with E-state index < -0.39 is 24.0 Å². The molecule has 0 aliphatic carbocycles. The average Bonchev–Trinajstić information content (AvgIpc) is 3.10. The van der Waals surface area contributed by atoms with E-state index in [9.17, 15) is 14.7 Å². The van der Waals surface area contributed by atoms with E-state index in [2.05, 4.69) is 10.3 Å². The SMILES string of the molecule is CCCC[C@H](NC(=O)[C@@H]1CCO[C@H]1c1nccn1C)C(=O)O. The Bertz CT molecular complexity index is 529. The molecule has 1 aliphatic heterocycles. The summed E-state index contributed by atoms with van der Waals surface area (Å²) in [6.45, 7) is 2.46. The van der Waals surface area contributed by atoms with Crippen molar-refractivity contribution in [2.24, 2.45) is 13.0 Å². The third-order valence-corrected chi connectivity index (χ3v) is 4.00. The Hall–Kier alpha value is -1.89. The Kier molecular flexibility index (Phi) is 5.54. The molecule has 0 bridgehead atoms. The summed E-state index contributed by atoms with van der Waals surface area (Å²) >= 11 is 0. The molecule has 2 rings (SSSR count). The molecule has 22 heavy (non-hydrogen) atoms. The first-order valence-corrected chi connectivity index (χ1v) is 7.66. The van der Waals surface area contributed by atoms with E-state index in [1.165, 1.54) is 0 Å². The third-order valence-electron chi connectivity index (χ3n) is 4.00. The number of carbonyl (C=O) groups is 2. The number of unbranched alkanes of at least 4 members (excludes halogenated alkanes) is 1. The van der Waals surface area contributed by atoms with Crippen LogP contribution in [0.5, 0.6) is 0 Å². The number of nitrogens with zero attached hydrogens (tertiary/aromatic N) is 2. The number of carboxylic acid groups (broad SMARTS) is 1. The molecule has 0 spiro atoms. The zero-order valence-corrected chi connectivity index (χ0v) is 13.0. The fourth-order valence-corrected chi connectivity index (χ4v) is 2.71. The van der Waals surface area contributed by atoms with Crippen molar-refractivity contribution in [3.63, 3.8) is 0 Å². The van der Waals surface area contributed by atoms with E-state index >= 15 is 0 Å². The molecule has 0 aromatic carbocycles. The fourth-order valence-electron chi connectivity index (χ4n) is 2.71. The molecule has 0 saturated carbocycles. The summed E-state index contributed by atoms with van der Waals surface area (Å²) in [4.78, 5) is 27.9. The summed E-state index contributed by atoms with van der Waals surface area (Å²) in [7, 11) is 1.85. The summed E-state index contributed by atoms with van der Waals surface area (Å²) in [5.74, 6) is -0.967. The lowest BCUT2D eigenvalue weighted by Gasteiger charge is -2.20. The summed E-state index contributed by atoms with van der Waals surface area (Å²) < 4.78 is 7.46. The number of hydrogen-bond donors (Lipinski definition) is 2. The zero-order valence-electron chi connectivity index (χ0n) is 13.0. The van der Waals surface area contributed by atoms with Crippen molar-refractivity contribution in [2.75, 3.05) is 6.61 Å². The van der Waals surface area contributed by atoms with Crippen LogP contribution in [0.3, 0.4) is 0 Å². The predicted octanol–water partition coefficient (Wildman–Crippen LogP) is 1.26. The van der Waals surface area contributed by atoms with Crippen LogP contribution in [-0.2, 0) is 21.4 Å². The second-order valence-corrected chi connectivity index (χ2v) is 5.62. The van der Waals surface area contributed by atoms with Crippen molar-refractivity contribution in [3.8, 4) is 0 Å². The Balaban J connectivity index is 2.04. The van der Waals surface area contributed by atoms with Crippen LogP contribution in [0.4, 0.5) is 0 Å². The molecule has 1 saturated heterocycles. The van der Waals surface area contributed by atoms with E-state index in [4.69, 9.17) is 4.74 Å². The number of amides is 1. The maximum atomic E-state index is 12.4. The fraction of sp³-hybridized carbons (Fsp3) is 0.667. The lowest BCUT2D eigenvalue weighted by molar-refractivity contribution is -0.143. The van der Waals surface area contributed by atoms with E-state index in [1.807, 2.05) is 18.5 Å². The smallest absolute Gasteiger partial charge is 0.326 e. The first-order chi connectivity index (χ1) is 10.5. The maximum absolute atomic E-state index is 12.4. The molecule has 3 atom stereocenters. The van der Waals surface area contributed by atoms with Gasteiger partial charge in [0.1, 0.15) is 18.0 Å². The van der Waals surface area contributed by atoms with Gasteiger partial charge in [0.05, 0.1) is 5.92 Å². The number of aryl methyl sites for hydroxylation is 1. The van der Waals surface area contributed by atoms with Gasteiger partial charge in [-0.25, -0.2) is 9.78 Å². The molecular formula is C15H23N3O4. The van der Waals surface area contributed by atoms with Crippen LogP contribution in [0.25, 0.3) is 0 Å². The summed E-state index contributed by atoms with van der Waals surface area (Å²) in [5, 5.41) is 11.9. The second kappa shape index (κ2) is 7.40. The van der Waals surface area contributed by atoms with E-state index in [-0.39, 0.29) is 5.91 Å². The molecule has 7 heteroatoms. The van der Waals surface area contributed by atoms with E-state index in [1.54, 1.807) is 12.4 Å². The van der Waals surface area contributed by atoms with Gasteiger partial charge in [0.25, 0.3) is 0 Å². The van der Waals surface area contributed by atoms with Gasteiger partial charge in [-0.05, 0) is 12.8 Å². The number of carboxylic acids is 1. The highest BCUT2D eigenvalue weighted by molar-refractivity contribution is 5.85. The van der Waals surface area contributed by atoms with Gasteiger partial charge in [-0.2, -0.15) is 0 Å². The average molecular weight is 309 g/mol. The molecule has 1 aliphatic rings. The molecule has 1 amide bonds. The normalized spacial score (nSPS) is 22.5. The largest absolute Gasteiger partial charge is 0.480 e. The van der Waals surface area contributed by atoms with Gasteiger partial charge >= 0.3 is 5.97 Å². The molecule has 7 nitrogen and oxygen atoms in total. The number of hydrogen-bond acceptors (Lipinski definition) is 4. The Morgan fingerprint density at radius 1 is 1.59 bits per heavy atom. The van der Waals surface area contributed by atoms with Crippen molar-refractivity contribution in [3.05, 3.63) is 18.2 Å². The van der Waals surface area contributed by atoms with E-state index in [0.29, 0.717) is 25.3 Å². The lowest BCUT2D eigenvalue weighted by atomic mass is 9.98. The quantitative estimate of drug-likeness (QED) is 0.791. The van der Waals surface area contributed by atoms with Gasteiger partial charge in [0, 0.05) is 26.0 Å². The van der Waals surface area contributed by atoms with Gasteiger partial charge < -0.3 is 19.7 Å². The Morgan fingerprint density at radius 2 is 2.36 bits per heavy atom. The number of aromatic nitrogens is 2. The first-order valence-electron chi connectivity index (χ1n) is 7.66. The minimum Gasteiger partial charge on any atom is -0.480 e. The molecule has 1 aromatic heterocycles. The molecular weight excluding hydrogens is 286 g/mol. The molecule has 2 heterocycles. The van der Waals surface area contributed by atoms with E-state index in [0.717, 1.165) is 12.8 Å². The molecule has 122 valence electrons. The lowest BCUT2D eigenvalue weighted by Crippen LogP contribution is -2.44. The molecule has 0 unspecified atom stereocenters. The number of imidazole rings is 1. The highest BCUT2D eigenvalue weighted by Gasteiger charge is 2.38. The third kappa shape index (κ3) is 3.65. The number of ether oxygens (including phenoxy) is 1. The topological polar surface area (TPSA) is 93.5 Å². The number of nitrogens with one attached hydrogen (secondary N) is 1. The number of carbonyl (C=O) groups excluding carboxylic acids is 1. The zero-order chi connectivity index (χ0) is 16.1. The van der Waals surface area contributed by atoms with Gasteiger partial charge in [-0.1, -0.05) is 19.8 Å². The van der Waals surface area contributed by atoms with Crippen LogP contribution in [0.2, 0.25) is 0 Å². The van der Waals surface area contributed by atoms with Crippen LogP contribution in [0.1, 0.15) is 44.5 Å². The Morgan fingerprint density at radius 3 is 2.95 bits per heavy atom. The highest BCUT2D eigenvalue weighted by atomic mass is 16.5. The Labute approximate surface area is 129 Å².